The van der Waals surface area contributed by atoms with Crippen LogP contribution in [0.3, 0.4) is 0 Å². The molecule has 1 aliphatic carbocycles. The van der Waals surface area contributed by atoms with Gasteiger partial charge in [0, 0.05) is 18.9 Å². The molecule has 2 atom stereocenters. The predicted octanol–water partition coefficient (Wildman–Crippen LogP) is 2.96. The van der Waals surface area contributed by atoms with Crippen molar-refractivity contribution in [3.05, 3.63) is 0 Å². The van der Waals surface area contributed by atoms with Gasteiger partial charge in [-0.1, -0.05) is 32.6 Å². The number of carboxylic acid groups (broad SMARTS) is 1. The molecule has 0 saturated heterocycles. The van der Waals surface area contributed by atoms with E-state index in [1.165, 1.54) is 12.8 Å². The van der Waals surface area contributed by atoms with Gasteiger partial charge in [-0.25, -0.2) is 0 Å². The lowest BCUT2D eigenvalue weighted by atomic mass is 9.82. The molecule has 1 saturated carbocycles. The number of carbonyl (C=O) groups is 2. The minimum absolute atomic E-state index is 0.218. The average Bonchev–Trinajstić information content (AvgIpc) is 2.37. The monoisotopic (exact) mass is 269 g/mol. The summed E-state index contributed by atoms with van der Waals surface area (Å²) in [5.41, 5.74) is 0. The highest BCUT2D eigenvalue weighted by Crippen LogP contribution is 2.28. The Morgan fingerprint density at radius 3 is 2.58 bits per heavy atom. The van der Waals surface area contributed by atoms with Crippen LogP contribution >= 0.6 is 0 Å². The molecule has 0 radical (unpaired) electrons. The summed E-state index contributed by atoms with van der Waals surface area (Å²) in [5.74, 6) is 0.396. The summed E-state index contributed by atoms with van der Waals surface area (Å²) in [7, 11) is 0. The Labute approximate surface area is 116 Å². The Balaban J connectivity index is 1.99. The van der Waals surface area contributed by atoms with E-state index in [0.29, 0.717) is 5.92 Å². The fraction of sp³-hybridized carbons (Fsp3) is 0.867. The summed E-state index contributed by atoms with van der Waals surface area (Å²) in [6.45, 7) is 2.96. The third-order valence-corrected chi connectivity index (χ3v) is 3.92. The molecule has 4 heteroatoms. The number of nitrogens with one attached hydrogen (secondary N) is 1. The Morgan fingerprint density at radius 1 is 1.16 bits per heavy atom. The van der Waals surface area contributed by atoms with Crippen LogP contribution < -0.4 is 5.32 Å². The molecule has 0 aromatic rings. The highest BCUT2D eigenvalue weighted by Gasteiger charge is 2.24. The predicted molar refractivity (Wildman–Crippen MR) is 74.9 cm³/mol. The molecular weight excluding hydrogens is 242 g/mol. The molecule has 1 aliphatic rings. The van der Waals surface area contributed by atoms with Crippen LogP contribution in [-0.2, 0) is 9.59 Å². The molecule has 0 aromatic heterocycles. The third kappa shape index (κ3) is 7.19. The van der Waals surface area contributed by atoms with E-state index >= 15 is 0 Å². The van der Waals surface area contributed by atoms with Gasteiger partial charge in [-0.05, 0) is 31.6 Å². The molecule has 0 heterocycles. The van der Waals surface area contributed by atoms with Crippen molar-refractivity contribution in [2.45, 2.75) is 64.7 Å². The standard InChI is InChI=1S/C15H27NO3/c1-12-7-6-8-13(11-12)15(19)16-10-5-3-2-4-9-14(17)18/h12-13H,2-11H2,1H3,(H,16,19)(H,17,18)/t12-,13+/m0/s1. The quantitative estimate of drug-likeness (QED) is 0.666. The topological polar surface area (TPSA) is 66.4 Å². The summed E-state index contributed by atoms with van der Waals surface area (Å²) in [6, 6.07) is 0. The molecule has 1 fully saturated rings. The molecule has 1 rings (SSSR count). The van der Waals surface area contributed by atoms with Crippen LogP contribution in [0.25, 0.3) is 0 Å². The maximum absolute atomic E-state index is 11.9. The first kappa shape index (κ1) is 16.0. The lowest BCUT2D eigenvalue weighted by molar-refractivity contribution is -0.137. The lowest BCUT2D eigenvalue weighted by Gasteiger charge is -2.25. The van der Waals surface area contributed by atoms with Crippen molar-refractivity contribution in [2.24, 2.45) is 11.8 Å². The van der Waals surface area contributed by atoms with Crippen LogP contribution in [-0.4, -0.2) is 23.5 Å². The van der Waals surface area contributed by atoms with Crippen LogP contribution in [0.2, 0.25) is 0 Å². The minimum atomic E-state index is -0.722. The molecule has 0 aromatic carbocycles. The molecule has 1 amide bonds. The van der Waals surface area contributed by atoms with Crippen LogP contribution in [0.5, 0.6) is 0 Å². The maximum Gasteiger partial charge on any atom is 0.303 e. The van der Waals surface area contributed by atoms with E-state index in [2.05, 4.69) is 12.2 Å². The van der Waals surface area contributed by atoms with Gasteiger partial charge in [0.05, 0.1) is 0 Å². The summed E-state index contributed by atoms with van der Waals surface area (Å²) >= 11 is 0. The van der Waals surface area contributed by atoms with Crippen molar-refractivity contribution in [2.75, 3.05) is 6.54 Å². The van der Waals surface area contributed by atoms with Crippen molar-refractivity contribution in [1.29, 1.82) is 0 Å². The molecule has 110 valence electrons. The fourth-order valence-corrected chi connectivity index (χ4v) is 2.78. The molecule has 0 spiro atoms. The van der Waals surface area contributed by atoms with E-state index in [1.807, 2.05) is 0 Å². The van der Waals surface area contributed by atoms with Gasteiger partial charge in [0.25, 0.3) is 0 Å². The van der Waals surface area contributed by atoms with E-state index in [0.717, 1.165) is 45.1 Å². The third-order valence-electron chi connectivity index (χ3n) is 3.92. The van der Waals surface area contributed by atoms with Gasteiger partial charge in [0.1, 0.15) is 0 Å². The van der Waals surface area contributed by atoms with Crippen molar-refractivity contribution < 1.29 is 14.7 Å². The molecular formula is C15H27NO3. The fourth-order valence-electron chi connectivity index (χ4n) is 2.78. The number of hydrogen-bond acceptors (Lipinski definition) is 2. The van der Waals surface area contributed by atoms with E-state index in [9.17, 15) is 9.59 Å². The highest BCUT2D eigenvalue weighted by atomic mass is 16.4. The van der Waals surface area contributed by atoms with Gasteiger partial charge in [-0.15, -0.1) is 0 Å². The second-order valence-electron chi connectivity index (χ2n) is 5.82. The van der Waals surface area contributed by atoms with E-state index in [1.54, 1.807) is 0 Å². The molecule has 0 bridgehead atoms. The number of amides is 1. The minimum Gasteiger partial charge on any atom is -0.481 e. The zero-order valence-electron chi connectivity index (χ0n) is 12.0. The second kappa shape index (κ2) is 8.94. The van der Waals surface area contributed by atoms with Crippen LogP contribution in [0.4, 0.5) is 0 Å². The summed E-state index contributed by atoms with van der Waals surface area (Å²) in [4.78, 5) is 22.3. The smallest absolute Gasteiger partial charge is 0.303 e. The number of unbranched alkanes of at least 4 members (excludes halogenated alkanes) is 3. The van der Waals surface area contributed by atoms with Gasteiger partial charge < -0.3 is 10.4 Å². The van der Waals surface area contributed by atoms with Gasteiger partial charge >= 0.3 is 5.97 Å². The number of rotatable bonds is 8. The molecule has 4 nitrogen and oxygen atoms in total. The largest absolute Gasteiger partial charge is 0.481 e. The highest BCUT2D eigenvalue weighted by molar-refractivity contribution is 5.78. The zero-order chi connectivity index (χ0) is 14.1. The number of carbonyl (C=O) groups excluding carboxylic acids is 1. The van der Waals surface area contributed by atoms with Crippen LogP contribution in [0.1, 0.15) is 64.7 Å². The first-order valence-electron chi connectivity index (χ1n) is 7.59. The molecule has 2 N–H and O–H groups in total. The van der Waals surface area contributed by atoms with E-state index in [-0.39, 0.29) is 18.2 Å². The van der Waals surface area contributed by atoms with Gasteiger partial charge in [0.15, 0.2) is 0 Å². The van der Waals surface area contributed by atoms with Gasteiger partial charge in [-0.2, -0.15) is 0 Å². The first-order chi connectivity index (χ1) is 9.09. The number of aliphatic carboxylic acids is 1. The summed E-state index contributed by atoms with van der Waals surface area (Å²) in [5, 5.41) is 11.5. The molecule has 0 aliphatic heterocycles. The Morgan fingerprint density at radius 2 is 1.89 bits per heavy atom. The van der Waals surface area contributed by atoms with Crippen molar-refractivity contribution in [1.82, 2.24) is 5.32 Å². The normalized spacial score (nSPS) is 23.0. The lowest BCUT2D eigenvalue weighted by Crippen LogP contribution is -2.34. The molecule has 19 heavy (non-hydrogen) atoms. The van der Waals surface area contributed by atoms with Crippen LogP contribution in [0, 0.1) is 11.8 Å². The van der Waals surface area contributed by atoms with Crippen LogP contribution in [0.15, 0.2) is 0 Å². The number of hydrogen-bond donors (Lipinski definition) is 2. The van der Waals surface area contributed by atoms with E-state index in [4.69, 9.17) is 5.11 Å². The Kier molecular flexibility index (Phi) is 7.53. The molecule has 0 unspecified atom stereocenters. The summed E-state index contributed by atoms with van der Waals surface area (Å²) < 4.78 is 0. The maximum atomic E-state index is 11.9. The van der Waals surface area contributed by atoms with Crippen molar-refractivity contribution in [3.63, 3.8) is 0 Å². The number of carboxylic acids is 1. The Hall–Kier alpha value is -1.06. The van der Waals surface area contributed by atoms with Crippen molar-refractivity contribution >= 4 is 11.9 Å². The summed E-state index contributed by atoms with van der Waals surface area (Å²) in [6.07, 6.45) is 8.38. The van der Waals surface area contributed by atoms with E-state index < -0.39 is 5.97 Å². The Bertz CT molecular complexity index is 291. The van der Waals surface area contributed by atoms with Gasteiger partial charge in [0.2, 0.25) is 5.91 Å². The average molecular weight is 269 g/mol. The van der Waals surface area contributed by atoms with Crippen molar-refractivity contribution in [3.8, 4) is 0 Å². The second-order valence-corrected chi connectivity index (χ2v) is 5.82. The first-order valence-corrected chi connectivity index (χ1v) is 7.59. The van der Waals surface area contributed by atoms with Gasteiger partial charge in [-0.3, -0.25) is 9.59 Å². The SMILES string of the molecule is C[C@H]1CCC[C@@H](C(=O)NCCCCCCC(=O)O)C1. The zero-order valence-corrected chi connectivity index (χ0v) is 12.0.